The highest BCUT2D eigenvalue weighted by molar-refractivity contribution is 5.31. The number of imidazole rings is 1. The summed E-state index contributed by atoms with van der Waals surface area (Å²) in [6.07, 6.45) is 1.86. The normalized spacial score (nSPS) is 13.4. The lowest BCUT2D eigenvalue weighted by Gasteiger charge is -2.27. The zero-order valence-electron chi connectivity index (χ0n) is 9.13. The van der Waals surface area contributed by atoms with Gasteiger partial charge in [-0.1, -0.05) is 13.8 Å². The number of aromatic amines is 1. The van der Waals surface area contributed by atoms with Crippen LogP contribution in [0.4, 0.5) is 5.95 Å². The average Bonchev–Trinajstić information content (AvgIpc) is 2.49. The van der Waals surface area contributed by atoms with E-state index in [9.17, 15) is 0 Å². The van der Waals surface area contributed by atoms with Crippen LogP contribution in [0.3, 0.4) is 0 Å². The van der Waals surface area contributed by atoms with Crippen molar-refractivity contribution in [2.75, 3.05) is 11.9 Å². The Kier molecular flexibility index (Phi) is 2.96. The monoisotopic (exact) mass is 181 g/mol. The molecule has 3 nitrogen and oxygen atoms in total. The summed E-state index contributed by atoms with van der Waals surface area (Å²) in [5, 5.41) is 0. The van der Waals surface area contributed by atoms with Crippen LogP contribution in [-0.2, 0) is 0 Å². The Labute approximate surface area is 80.2 Å². The Morgan fingerprint density at radius 3 is 2.38 bits per heavy atom. The predicted molar refractivity (Wildman–Crippen MR) is 56.0 cm³/mol. The third-order valence-corrected chi connectivity index (χ3v) is 2.60. The number of aromatic nitrogens is 2. The summed E-state index contributed by atoms with van der Waals surface area (Å²) in [4.78, 5) is 9.69. The van der Waals surface area contributed by atoms with Crippen LogP contribution in [0.5, 0.6) is 0 Å². The molecule has 1 unspecified atom stereocenters. The number of nitrogens with one attached hydrogen (secondary N) is 1. The number of H-pyrrole nitrogens is 1. The summed E-state index contributed by atoms with van der Waals surface area (Å²) in [6, 6.07) is 0.505. The molecule has 13 heavy (non-hydrogen) atoms. The quantitative estimate of drug-likeness (QED) is 0.775. The van der Waals surface area contributed by atoms with Gasteiger partial charge in [-0.3, -0.25) is 0 Å². The molecule has 0 aromatic carbocycles. The van der Waals surface area contributed by atoms with Crippen molar-refractivity contribution in [3.8, 4) is 0 Å². The predicted octanol–water partition coefficient (Wildman–Crippen LogP) is 2.20. The summed E-state index contributed by atoms with van der Waals surface area (Å²) in [5.41, 5.74) is 1.11. The van der Waals surface area contributed by atoms with Crippen molar-refractivity contribution in [2.24, 2.45) is 5.92 Å². The Hall–Kier alpha value is -0.990. The van der Waals surface area contributed by atoms with Gasteiger partial charge in [0.15, 0.2) is 0 Å². The average molecular weight is 181 g/mol. The van der Waals surface area contributed by atoms with E-state index in [0.717, 1.165) is 11.6 Å². The zero-order valence-corrected chi connectivity index (χ0v) is 9.13. The van der Waals surface area contributed by atoms with Gasteiger partial charge in [0.2, 0.25) is 5.95 Å². The minimum absolute atomic E-state index is 0.505. The lowest BCUT2D eigenvalue weighted by atomic mass is 10.1. The van der Waals surface area contributed by atoms with Crippen molar-refractivity contribution in [2.45, 2.75) is 33.7 Å². The van der Waals surface area contributed by atoms with Gasteiger partial charge in [0.25, 0.3) is 0 Å². The van der Waals surface area contributed by atoms with Crippen LogP contribution in [0.25, 0.3) is 0 Å². The van der Waals surface area contributed by atoms with Crippen molar-refractivity contribution in [3.63, 3.8) is 0 Å². The van der Waals surface area contributed by atoms with E-state index in [2.05, 4.69) is 42.7 Å². The first-order valence-corrected chi connectivity index (χ1v) is 4.76. The standard InChI is InChI=1S/C10H19N3/c1-7(2)9(4)13(5)10-11-6-8(3)12-10/h6-7,9H,1-5H3,(H,11,12). The summed E-state index contributed by atoms with van der Waals surface area (Å²) in [6.45, 7) is 8.67. The molecule has 74 valence electrons. The van der Waals surface area contributed by atoms with E-state index in [1.165, 1.54) is 0 Å². The number of aryl methyl sites for hydroxylation is 1. The third kappa shape index (κ3) is 2.23. The van der Waals surface area contributed by atoms with Gasteiger partial charge in [-0.05, 0) is 19.8 Å². The number of anilines is 1. The first-order valence-electron chi connectivity index (χ1n) is 4.76. The van der Waals surface area contributed by atoms with Gasteiger partial charge in [0.05, 0.1) is 0 Å². The number of rotatable bonds is 3. The molecule has 0 radical (unpaired) electrons. The van der Waals surface area contributed by atoms with Crippen molar-refractivity contribution >= 4 is 5.95 Å². The molecule has 0 amide bonds. The molecular weight excluding hydrogens is 162 g/mol. The zero-order chi connectivity index (χ0) is 10.0. The van der Waals surface area contributed by atoms with E-state index < -0.39 is 0 Å². The molecule has 0 aliphatic rings. The minimum atomic E-state index is 0.505. The first-order chi connectivity index (χ1) is 6.02. The Morgan fingerprint density at radius 2 is 2.00 bits per heavy atom. The van der Waals surface area contributed by atoms with Crippen LogP contribution in [0, 0.1) is 12.8 Å². The van der Waals surface area contributed by atoms with Gasteiger partial charge in [0, 0.05) is 25.0 Å². The smallest absolute Gasteiger partial charge is 0.202 e. The maximum Gasteiger partial charge on any atom is 0.202 e. The van der Waals surface area contributed by atoms with Crippen LogP contribution >= 0.6 is 0 Å². The number of nitrogens with zero attached hydrogens (tertiary/aromatic N) is 2. The maximum absolute atomic E-state index is 4.29. The fourth-order valence-electron chi connectivity index (χ4n) is 1.22. The number of hydrogen-bond donors (Lipinski definition) is 1. The van der Waals surface area contributed by atoms with E-state index in [0.29, 0.717) is 12.0 Å². The molecule has 1 heterocycles. The fourth-order valence-corrected chi connectivity index (χ4v) is 1.22. The molecule has 0 bridgehead atoms. The summed E-state index contributed by atoms with van der Waals surface area (Å²) in [7, 11) is 2.07. The highest BCUT2D eigenvalue weighted by Crippen LogP contribution is 2.14. The molecule has 0 fully saturated rings. The Morgan fingerprint density at radius 1 is 1.38 bits per heavy atom. The summed E-state index contributed by atoms with van der Waals surface area (Å²) < 4.78 is 0. The molecule has 1 aromatic heterocycles. The van der Waals surface area contributed by atoms with Gasteiger partial charge >= 0.3 is 0 Å². The SMILES string of the molecule is Cc1cnc(N(C)C(C)C(C)C)[nH]1. The van der Waals surface area contributed by atoms with Gasteiger partial charge in [0.1, 0.15) is 0 Å². The molecule has 1 aromatic rings. The molecule has 0 aliphatic carbocycles. The van der Waals surface area contributed by atoms with E-state index in [1.807, 2.05) is 13.1 Å². The Bertz CT molecular complexity index is 265. The van der Waals surface area contributed by atoms with Crippen molar-refractivity contribution in [1.29, 1.82) is 0 Å². The van der Waals surface area contributed by atoms with Crippen LogP contribution in [0.2, 0.25) is 0 Å². The van der Waals surface area contributed by atoms with E-state index >= 15 is 0 Å². The topological polar surface area (TPSA) is 31.9 Å². The van der Waals surface area contributed by atoms with Crippen LogP contribution in [-0.4, -0.2) is 23.1 Å². The second-order valence-corrected chi connectivity index (χ2v) is 3.99. The minimum Gasteiger partial charge on any atom is -0.343 e. The highest BCUT2D eigenvalue weighted by atomic mass is 15.3. The first kappa shape index (κ1) is 10.1. The lowest BCUT2D eigenvalue weighted by Crippen LogP contribution is -2.33. The van der Waals surface area contributed by atoms with Crippen LogP contribution < -0.4 is 4.90 Å². The molecule has 0 saturated heterocycles. The molecule has 1 atom stereocenters. The molecule has 1 N–H and O–H groups in total. The van der Waals surface area contributed by atoms with Gasteiger partial charge < -0.3 is 9.88 Å². The summed E-state index contributed by atoms with van der Waals surface area (Å²) in [5.74, 6) is 1.59. The third-order valence-electron chi connectivity index (χ3n) is 2.60. The molecule has 0 aliphatic heterocycles. The largest absolute Gasteiger partial charge is 0.343 e. The van der Waals surface area contributed by atoms with E-state index in [-0.39, 0.29) is 0 Å². The van der Waals surface area contributed by atoms with Crippen molar-refractivity contribution in [1.82, 2.24) is 9.97 Å². The second kappa shape index (κ2) is 3.81. The van der Waals surface area contributed by atoms with Gasteiger partial charge in [-0.25, -0.2) is 4.98 Å². The lowest BCUT2D eigenvalue weighted by molar-refractivity contribution is 0.500. The molecule has 0 saturated carbocycles. The molecular formula is C10H19N3. The van der Waals surface area contributed by atoms with E-state index in [1.54, 1.807) is 0 Å². The Balaban J connectivity index is 2.73. The molecule has 3 heteroatoms. The van der Waals surface area contributed by atoms with Crippen LogP contribution in [0.1, 0.15) is 26.5 Å². The second-order valence-electron chi connectivity index (χ2n) is 3.99. The van der Waals surface area contributed by atoms with E-state index in [4.69, 9.17) is 0 Å². The molecule has 0 spiro atoms. The van der Waals surface area contributed by atoms with Gasteiger partial charge in [-0.2, -0.15) is 0 Å². The highest BCUT2D eigenvalue weighted by Gasteiger charge is 2.15. The van der Waals surface area contributed by atoms with Gasteiger partial charge in [-0.15, -0.1) is 0 Å². The van der Waals surface area contributed by atoms with Crippen molar-refractivity contribution in [3.05, 3.63) is 11.9 Å². The molecule has 1 rings (SSSR count). The maximum atomic E-state index is 4.29. The fraction of sp³-hybridized carbons (Fsp3) is 0.700. The van der Waals surface area contributed by atoms with Crippen LogP contribution in [0.15, 0.2) is 6.20 Å². The number of hydrogen-bond acceptors (Lipinski definition) is 2. The van der Waals surface area contributed by atoms with Crippen molar-refractivity contribution < 1.29 is 0 Å². The summed E-state index contributed by atoms with van der Waals surface area (Å²) >= 11 is 0.